The molecule has 0 aliphatic heterocycles. The molecule has 14 heavy (non-hydrogen) atoms. The minimum absolute atomic E-state index is 0.118. The molecule has 0 N–H and O–H groups in total. The molecule has 0 bridgehead atoms. The summed E-state index contributed by atoms with van der Waals surface area (Å²) in [4.78, 5) is 15.5. The lowest BCUT2D eigenvalue weighted by Crippen LogP contribution is -2.12. The first-order valence-electron chi connectivity index (χ1n) is 4.02. The Labute approximate surface area is 105 Å². The highest BCUT2D eigenvalue weighted by Gasteiger charge is 2.14. The van der Waals surface area contributed by atoms with Gasteiger partial charge in [-0.15, -0.1) is 0 Å². The van der Waals surface area contributed by atoms with Crippen molar-refractivity contribution in [3.8, 4) is 0 Å². The van der Waals surface area contributed by atoms with E-state index in [-0.39, 0.29) is 12.1 Å². The lowest BCUT2D eigenvalue weighted by molar-refractivity contribution is 0.0376. The predicted octanol–water partition coefficient (Wildman–Crippen LogP) is 3.01. The van der Waals surface area contributed by atoms with E-state index in [1.165, 1.54) is 0 Å². The molecule has 0 saturated carbocycles. The summed E-state index contributed by atoms with van der Waals surface area (Å²) < 4.78 is 6.48. The summed E-state index contributed by atoms with van der Waals surface area (Å²) in [6.45, 7) is 3.63. The van der Waals surface area contributed by atoms with E-state index in [2.05, 4.69) is 43.5 Å². The van der Waals surface area contributed by atoms with E-state index in [0.29, 0.717) is 10.2 Å². The van der Waals surface area contributed by atoms with Gasteiger partial charge < -0.3 is 4.74 Å². The van der Waals surface area contributed by atoms with Gasteiger partial charge in [-0.3, -0.25) is 0 Å². The van der Waals surface area contributed by atoms with E-state index in [1.807, 2.05) is 13.8 Å². The number of rotatable bonds is 2. The molecular weight excluding hydrogens is 361 g/mol. The molecule has 3 nitrogen and oxygen atoms in total. The largest absolute Gasteiger partial charge is 0.459 e. The molecule has 0 aliphatic carbocycles. The molecule has 0 aromatic carbocycles. The SMILES string of the molecule is CC(C)OC(=O)c1cc(I)cnc1Br. The van der Waals surface area contributed by atoms with Crippen LogP contribution >= 0.6 is 38.5 Å². The van der Waals surface area contributed by atoms with Crippen molar-refractivity contribution in [2.75, 3.05) is 0 Å². The molecule has 5 heteroatoms. The molecule has 0 unspecified atom stereocenters. The molecule has 0 spiro atoms. The van der Waals surface area contributed by atoms with E-state index in [0.717, 1.165) is 3.57 Å². The normalized spacial score (nSPS) is 10.4. The monoisotopic (exact) mass is 369 g/mol. The van der Waals surface area contributed by atoms with Crippen LogP contribution in [-0.4, -0.2) is 17.1 Å². The predicted molar refractivity (Wildman–Crippen MR) is 65.2 cm³/mol. The fraction of sp³-hybridized carbons (Fsp3) is 0.333. The molecule has 0 aliphatic rings. The minimum atomic E-state index is -0.349. The van der Waals surface area contributed by atoms with Gasteiger partial charge in [-0.1, -0.05) is 0 Å². The third kappa shape index (κ3) is 3.20. The molecule has 0 atom stereocenters. The summed E-state index contributed by atoms with van der Waals surface area (Å²) in [5, 5.41) is 0. The van der Waals surface area contributed by atoms with Crippen molar-refractivity contribution in [2.24, 2.45) is 0 Å². The van der Waals surface area contributed by atoms with E-state index in [4.69, 9.17) is 4.74 Å². The van der Waals surface area contributed by atoms with Gasteiger partial charge in [0.2, 0.25) is 0 Å². The van der Waals surface area contributed by atoms with Gasteiger partial charge in [0.25, 0.3) is 0 Å². The van der Waals surface area contributed by atoms with Crippen LogP contribution < -0.4 is 0 Å². The number of pyridine rings is 1. The maximum Gasteiger partial charge on any atom is 0.341 e. The zero-order chi connectivity index (χ0) is 10.7. The fourth-order valence-corrected chi connectivity index (χ4v) is 1.67. The summed E-state index contributed by atoms with van der Waals surface area (Å²) in [5.74, 6) is -0.349. The molecule has 1 aromatic heterocycles. The highest BCUT2D eigenvalue weighted by atomic mass is 127. The fourth-order valence-electron chi connectivity index (χ4n) is 0.843. The van der Waals surface area contributed by atoms with Gasteiger partial charge in [0, 0.05) is 9.77 Å². The van der Waals surface area contributed by atoms with E-state index >= 15 is 0 Å². The Kier molecular flexibility index (Phi) is 4.31. The number of nitrogens with zero attached hydrogens (tertiary/aromatic N) is 1. The van der Waals surface area contributed by atoms with Crippen LogP contribution in [0.4, 0.5) is 0 Å². The topological polar surface area (TPSA) is 39.2 Å². The molecule has 1 aromatic rings. The number of halogens is 2. The van der Waals surface area contributed by atoms with Gasteiger partial charge in [-0.25, -0.2) is 9.78 Å². The molecule has 0 amide bonds. The summed E-state index contributed by atoms with van der Waals surface area (Å²) in [5.41, 5.74) is 0.464. The van der Waals surface area contributed by atoms with Crippen LogP contribution in [0.25, 0.3) is 0 Å². The highest BCUT2D eigenvalue weighted by molar-refractivity contribution is 14.1. The Morgan fingerprint density at radius 2 is 2.29 bits per heavy atom. The second kappa shape index (κ2) is 5.06. The number of hydrogen-bond donors (Lipinski definition) is 0. The first-order valence-corrected chi connectivity index (χ1v) is 5.90. The highest BCUT2D eigenvalue weighted by Crippen LogP contribution is 2.17. The van der Waals surface area contributed by atoms with Crippen LogP contribution in [0, 0.1) is 3.57 Å². The Hall–Kier alpha value is -0.170. The third-order valence-corrected chi connectivity index (χ3v) is 2.59. The van der Waals surface area contributed by atoms with E-state index in [1.54, 1.807) is 12.3 Å². The summed E-state index contributed by atoms with van der Waals surface area (Å²) >= 11 is 5.30. The number of esters is 1. The minimum Gasteiger partial charge on any atom is -0.459 e. The first-order chi connectivity index (χ1) is 6.50. The zero-order valence-electron chi connectivity index (χ0n) is 7.75. The smallest absolute Gasteiger partial charge is 0.341 e. The van der Waals surface area contributed by atoms with Gasteiger partial charge in [0.05, 0.1) is 11.7 Å². The Bertz CT molecular complexity index is 355. The zero-order valence-corrected chi connectivity index (χ0v) is 11.5. The van der Waals surface area contributed by atoms with Gasteiger partial charge in [0.1, 0.15) is 4.60 Å². The molecule has 76 valence electrons. The molecular formula is C9H9BrINO2. The van der Waals surface area contributed by atoms with Gasteiger partial charge in [-0.05, 0) is 58.4 Å². The van der Waals surface area contributed by atoms with Crippen LogP contribution in [0.15, 0.2) is 16.9 Å². The Morgan fingerprint density at radius 3 is 2.86 bits per heavy atom. The average molecular weight is 370 g/mol. The number of aromatic nitrogens is 1. The second-order valence-corrected chi connectivity index (χ2v) is 4.94. The molecule has 0 radical (unpaired) electrons. The van der Waals surface area contributed by atoms with Crippen LogP contribution in [0.3, 0.4) is 0 Å². The van der Waals surface area contributed by atoms with Crippen molar-refractivity contribution in [1.82, 2.24) is 4.98 Å². The van der Waals surface area contributed by atoms with E-state index < -0.39 is 0 Å². The molecule has 0 saturated heterocycles. The average Bonchev–Trinajstić information content (AvgIpc) is 2.08. The van der Waals surface area contributed by atoms with Crippen molar-refractivity contribution < 1.29 is 9.53 Å². The molecule has 0 fully saturated rings. The van der Waals surface area contributed by atoms with Crippen LogP contribution in [0.2, 0.25) is 0 Å². The van der Waals surface area contributed by atoms with Crippen LogP contribution in [-0.2, 0) is 4.74 Å². The Morgan fingerprint density at radius 1 is 1.64 bits per heavy atom. The van der Waals surface area contributed by atoms with Gasteiger partial charge in [-0.2, -0.15) is 0 Å². The van der Waals surface area contributed by atoms with Crippen LogP contribution in [0.1, 0.15) is 24.2 Å². The molecule has 1 heterocycles. The maximum absolute atomic E-state index is 11.5. The maximum atomic E-state index is 11.5. The number of carbonyl (C=O) groups excluding carboxylic acids is 1. The van der Waals surface area contributed by atoms with Crippen molar-refractivity contribution in [3.63, 3.8) is 0 Å². The lowest BCUT2D eigenvalue weighted by Gasteiger charge is -2.08. The van der Waals surface area contributed by atoms with Crippen LogP contribution in [0.5, 0.6) is 0 Å². The Balaban J connectivity index is 2.94. The summed E-state index contributed by atoms with van der Waals surface area (Å²) in [7, 11) is 0. The molecule has 1 rings (SSSR count). The quantitative estimate of drug-likeness (QED) is 0.457. The standard InChI is InChI=1S/C9H9BrINO2/c1-5(2)14-9(13)7-3-6(11)4-12-8(7)10/h3-5H,1-2H3. The first kappa shape index (κ1) is 11.9. The van der Waals surface area contributed by atoms with Gasteiger partial charge in [0.15, 0.2) is 0 Å². The second-order valence-electron chi connectivity index (χ2n) is 2.95. The van der Waals surface area contributed by atoms with E-state index in [9.17, 15) is 4.79 Å². The number of carbonyl (C=O) groups is 1. The van der Waals surface area contributed by atoms with Crippen molar-refractivity contribution in [3.05, 3.63) is 26.0 Å². The van der Waals surface area contributed by atoms with Crippen molar-refractivity contribution in [2.45, 2.75) is 20.0 Å². The number of ether oxygens (including phenoxy) is 1. The number of hydrogen-bond acceptors (Lipinski definition) is 3. The van der Waals surface area contributed by atoms with Crippen molar-refractivity contribution >= 4 is 44.5 Å². The third-order valence-electron chi connectivity index (χ3n) is 1.37. The summed E-state index contributed by atoms with van der Waals surface area (Å²) in [6, 6.07) is 1.74. The van der Waals surface area contributed by atoms with Crippen molar-refractivity contribution in [1.29, 1.82) is 0 Å². The lowest BCUT2D eigenvalue weighted by atomic mass is 10.3. The van der Waals surface area contributed by atoms with Gasteiger partial charge >= 0.3 is 5.97 Å². The summed E-state index contributed by atoms with van der Waals surface area (Å²) in [6.07, 6.45) is 1.56.